The van der Waals surface area contributed by atoms with Gasteiger partial charge in [-0.25, -0.2) is 0 Å². The first-order valence-electron chi connectivity index (χ1n) is 0.267. The number of rotatable bonds is 0. The van der Waals surface area contributed by atoms with Gasteiger partial charge in [0.25, 0.3) is 0 Å². The third-order valence-corrected chi connectivity index (χ3v) is 0. The zero-order valence-corrected chi connectivity index (χ0v) is 7.23. The van der Waals surface area contributed by atoms with Gasteiger partial charge < -0.3 is 38.3 Å². The van der Waals surface area contributed by atoms with E-state index in [1.165, 1.54) is 0 Å². The first-order valence-corrected chi connectivity index (χ1v) is 3.31. The summed E-state index contributed by atoms with van der Waals surface area (Å²) in [4.78, 5) is 0. The second-order valence-corrected chi connectivity index (χ2v) is 1.87. The Morgan fingerprint density at radius 3 is 0.500 bits per heavy atom. The van der Waals surface area contributed by atoms with E-state index in [9.17, 15) is 0 Å². The molecule has 0 saturated heterocycles. The summed E-state index contributed by atoms with van der Waals surface area (Å²) in [5, 5.41) is 0. The Morgan fingerprint density at radius 2 is 0.500 bits per heavy atom. The summed E-state index contributed by atoms with van der Waals surface area (Å²) in [5.74, 6) is 0. The van der Waals surface area contributed by atoms with Crippen LogP contribution in [-0.4, -0.2) is 38.3 Å². The van der Waals surface area contributed by atoms with Gasteiger partial charge >= 0.3 is 33.3 Å². The van der Waals surface area contributed by atoms with Gasteiger partial charge in [-0.15, -0.1) is 0 Å². The van der Waals surface area contributed by atoms with Crippen molar-refractivity contribution in [1.82, 2.24) is 0 Å². The molecular formula is H14Cl2FeO7. The molecule has 0 rings (SSSR count). The fraction of sp³-hybridized carbons (Fsp3) is 0. The minimum absolute atomic E-state index is 0. The van der Waals surface area contributed by atoms with Gasteiger partial charge in [-0.05, 0) is 0 Å². The Kier molecular flexibility index (Phi) is 3030. The summed E-state index contributed by atoms with van der Waals surface area (Å²) in [6.07, 6.45) is 0. The summed E-state index contributed by atoms with van der Waals surface area (Å²) < 4.78 is 0. The fourth-order valence-electron chi connectivity index (χ4n) is 0. The minimum atomic E-state index is 0. The normalized spacial score (nSPS) is 2.20. The van der Waals surface area contributed by atoms with Crippen LogP contribution < -0.4 is 0 Å². The fourth-order valence-corrected chi connectivity index (χ4v) is 0. The molecule has 0 radical (unpaired) electrons. The van der Waals surface area contributed by atoms with Crippen LogP contribution in [0.1, 0.15) is 0 Å². The van der Waals surface area contributed by atoms with E-state index in [-0.39, 0.29) is 51.5 Å². The predicted octanol–water partition coefficient (Wildman–Crippen LogP) is -4.40. The molecule has 0 spiro atoms. The molecule has 0 fully saturated rings. The molecule has 0 aromatic heterocycles. The van der Waals surface area contributed by atoms with Crippen LogP contribution in [0.3, 0.4) is 0 Å². The zero-order valence-electron chi connectivity index (χ0n) is 4.61. The van der Waals surface area contributed by atoms with E-state index in [1.807, 2.05) is 0 Å². The van der Waals surface area contributed by atoms with Gasteiger partial charge in [-0.1, -0.05) is 0 Å². The summed E-state index contributed by atoms with van der Waals surface area (Å²) in [6.45, 7) is 0. The van der Waals surface area contributed by atoms with Crippen molar-refractivity contribution in [3.8, 4) is 0 Å². The average Bonchev–Trinajstić information content (AvgIpc) is 0.918. The Morgan fingerprint density at radius 1 is 0.500 bits per heavy atom. The van der Waals surface area contributed by atoms with Crippen LogP contribution in [0, 0.1) is 0 Å². The van der Waals surface area contributed by atoms with Crippen LogP contribution in [0.2, 0.25) is 0 Å². The monoisotopic (exact) mass is 252 g/mol. The van der Waals surface area contributed by atoms with Crippen molar-refractivity contribution >= 4 is 20.2 Å². The molecule has 0 atom stereocenters. The molecular weight excluding hydrogens is 239 g/mol. The Balaban J connectivity index is -0.000000000952. The Bertz CT molecular complexity index is 11.6. The van der Waals surface area contributed by atoms with E-state index < -0.39 is 0 Å². The molecule has 0 heterocycles. The molecule has 7 nitrogen and oxygen atoms in total. The molecule has 10 heavy (non-hydrogen) atoms. The van der Waals surface area contributed by atoms with Crippen LogP contribution in [0.5, 0.6) is 0 Å². The van der Waals surface area contributed by atoms with Gasteiger partial charge in [-0.2, -0.15) is 0 Å². The van der Waals surface area contributed by atoms with Crippen LogP contribution >= 0.6 is 20.2 Å². The molecule has 10 heteroatoms. The van der Waals surface area contributed by atoms with Gasteiger partial charge in [0.15, 0.2) is 0 Å². The zero-order chi connectivity index (χ0) is 2.71. The molecule has 78 valence electrons. The molecule has 0 unspecified atom stereocenters. The van der Waals surface area contributed by atoms with Gasteiger partial charge in [0, 0.05) is 0 Å². The van der Waals surface area contributed by atoms with Crippen molar-refractivity contribution in [2.75, 3.05) is 0 Å². The van der Waals surface area contributed by atoms with Crippen molar-refractivity contribution in [2.24, 2.45) is 0 Å². The molecule has 0 amide bonds. The van der Waals surface area contributed by atoms with E-state index in [2.05, 4.69) is 0 Å². The Labute approximate surface area is 72.1 Å². The number of halogens is 2. The van der Waals surface area contributed by atoms with E-state index in [0.717, 1.165) is 0 Å². The summed E-state index contributed by atoms with van der Waals surface area (Å²) in [6, 6.07) is 0. The van der Waals surface area contributed by atoms with Crippen LogP contribution in [0.4, 0.5) is 0 Å². The van der Waals surface area contributed by atoms with E-state index in [4.69, 9.17) is 20.2 Å². The van der Waals surface area contributed by atoms with Crippen molar-refractivity contribution in [3.63, 3.8) is 0 Å². The van der Waals surface area contributed by atoms with Crippen molar-refractivity contribution in [3.05, 3.63) is 0 Å². The molecule has 0 aromatic carbocycles. The average molecular weight is 253 g/mol. The number of hydrogen-bond donors (Lipinski definition) is 0. The van der Waals surface area contributed by atoms with Gasteiger partial charge in [0.05, 0.1) is 0 Å². The second-order valence-electron chi connectivity index (χ2n) is 0.0505. The first-order chi connectivity index (χ1) is 1.41. The van der Waals surface area contributed by atoms with Gasteiger partial charge in [0.1, 0.15) is 0 Å². The van der Waals surface area contributed by atoms with E-state index >= 15 is 0 Å². The second kappa shape index (κ2) is 231. The van der Waals surface area contributed by atoms with Crippen LogP contribution in [0.25, 0.3) is 0 Å². The summed E-state index contributed by atoms with van der Waals surface area (Å²) in [7, 11) is 9.53. The molecule has 0 aromatic rings. The molecule has 0 saturated carbocycles. The van der Waals surface area contributed by atoms with Crippen LogP contribution in [-0.2, 0) is 13.1 Å². The van der Waals surface area contributed by atoms with Crippen molar-refractivity contribution in [1.29, 1.82) is 0 Å². The van der Waals surface area contributed by atoms with Crippen molar-refractivity contribution < 1.29 is 51.5 Å². The van der Waals surface area contributed by atoms with E-state index in [0.29, 0.717) is 0 Å². The summed E-state index contributed by atoms with van der Waals surface area (Å²) >= 11 is 0.194. The molecule has 0 aliphatic carbocycles. The number of hydrogen-bond acceptors (Lipinski definition) is 0. The maximum absolute atomic E-state index is 4.76. The third kappa shape index (κ3) is 803. The molecule has 0 aliphatic heterocycles. The predicted molar refractivity (Wildman–Crippen MR) is 37.0 cm³/mol. The standard InChI is InChI=1S/2ClH.Fe.7H2O/h2*1H;;7*1H2/q;;+2;;;;;;;/p-2. The van der Waals surface area contributed by atoms with E-state index in [1.54, 1.807) is 0 Å². The molecule has 14 N–H and O–H groups in total. The Hall–Kier alpha value is 0.819. The quantitative estimate of drug-likeness (QED) is 0.373. The van der Waals surface area contributed by atoms with Crippen LogP contribution in [0.15, 0.2) is 0 Å². The van der Waals surface area contributed by atoms with Gasteiger partial charge in [-0.3, -0.25) is 0 Å². The SMILES string of the molecule is O.O.O.O.O.O.O.[Cl][Fe][Cl]. The van der Waals surface area contributed by atoms with Gasteiger partial charge in [0.2, 0.25) is 0 Å². The molecule has 0 bridgehead atoms. The first kappa shape index (κ1) is 131. The van der Waals surface area contributed by atoms with Crippen molar-refractivity contribution in [2.45, 2.75) is 0 Å². The third-order valence-electron chi connectivity index (χ3n) is 0. The summed E-state index contributed by atoms with van der Waals surface area (Å²) in [5.41, 5.74) is 0. The topological polar surface area (TPSA) is 220 Å². The maximum atomic E-state index is 4.76. The molecule has 0 aliphatic rings.